The number of nitrogens with zero attached hydrogens (tertiary/aromatic N) is 2. The maximum absolute atomic E-state index is 9.40. The number of furan rings is 1. The van der Waals surface area contributed by atoms with Gasteiger partial charge in [-0.25, -0.2) is 4.99 Å². The first-order valence-corrected chi connectivity index (χ1v) is 11.7. The van der Waals surface area contributed by atoms with E-state index in [0.717, 1.165) is 20.3 Å². The summed E-state index contributed by atoms with van der Waals surface area (Å²) in [6.45, 7) is 6.57. The van der Waals surface area contributed by atoms with Crippen molar-refractivity contribution in [2.24, 2.45) is 4.99 Å². The number of hydrogen-bond acceptors (Lipinski definition) is 5. The van der Waals surface area contributed by atoms with Crippen LogP contribution in [0.5, 0.6) is 11.5 Å². The van der Waals surface area contributed by atoms with Crippen molar-refractivity contribution in [3.63, 3.8) is 0 Å². The van der Waals surface area contributed by atoms with Crippen LogP contribution >= 0.6 is 22.6 Å². The molecule has 5 nitrogen and oxygen atoms in total. The number of nitriles is 1. The van der Waals surface area contributed by atoms with Crippen LogP contribution in [0.25, 0.3) is 10.8 Å². The van der Waals surface area contributed by atoms with Crippen molar-refractivity contribution >= 4 is 45.5 Å². The van der Waals surface area contributed by atoms with Crippen LogP contribution in [0.1, 0.15) is 34.9 Å². The minimum atomic E-state index is 0.316. The molecule has 6 heteroatoms. The molecule has 1 aromatic heterocycles. The van der Waals surface area contributed by atoms with E-state index >= 15 is 0 Å². The molecule has 0 aliphatic heterocycles. The largest absolute Gasteiger partial charge is 0.490 e. The molecule has 3 aromatic carbocycles. The SMILES string of the molecule is CCOc1cc(C=Nc2oc(C)c(C)c2C#N)cc(I)c1OCc1cccc2ccccc12. The van der Waals surface area contributed by atoms with E-state index in [4.69, 9.17) is 13.9 Å². The molecule has 0 spiro atoms. The van der Waals surface area contributed by atoms with E-state index in [9.17, 15) is 5.26 Å². The predicted octanol–water partition coefficient (Wildman–Crippen LogP) is 7.25. The van der Waals surface area contributed by atoms with E-state index < -0.39 is 0 Å². The fraction of sp³-hybridized carbons (Fsp3) is 0.185. The summed E-state index contributed by atoms with van der Waals surface area (Å²) in [5.74, 6) is 2.36. The molecule has 0 radical (unpaired) electrons. The Bertz CT molecular complexity index is 1380. The van der Waals surface area contributed by atoms with Crippen molar-refractivity contribution in [3.8, 4) is 17.6 Å². The molecule has 0 saturated heterocycles. The first-order chi connectivity index (χ1) is 16.0. The molecule has 0 fully saturated rings. The Morgan fingerprint density at radius 3 is 2.67 bits per heavy atom. The number of aliphatic imine (C=N–C) groups is 1. The van der Waals surface area contributed by atoms with E-state index in [-0.39, 0.29) is 0 Å². The van der Waals surface area contributed by atoms with E-state index in [0.29, 0.717) is 41.9 Å². The zero-order valence-electron chi connectivity index (χ0n) is 18.7. The van der Waals surface area contributed by atoms with E-state index in [2.05, 4.69) is 57.9 Å². The van der Waals surface area contributed by atoms with Gasteiger partial charge in [0.1, 0.15) is 24.0 Å². The average Bonchev–Trinajstić information content (AvgIpc) is 3.09. The molecule has 0 saturated carbocycles. The highest BCUT2D eigenvalue weighted by Crippen LogP contribution is 2.35. The molecule has 0 N–H and O–H groups in total. The Hall–Kier alpha value is -3.31. The zero-order chi connectivity index (χ0) is 23.4. The minimum Gasteiger partial charge on any atom is -0.490 e. The summed E-state index contributed by atoms with van der Waals surface area (Å²) in [6, 6.07) is 20.5. The van der Waals surface area contributed by atoms with Gasteiger partial charge in [-0.05, 0) is 77.4 Å². The van der Waals surface area contributed by atoms with Crippen LogP contribution in [-0.4, -0.2) is 12.8 Å². The number of halogens is 1. The quantitative estimate of drug-likeness (QED) is 0.180. The number of rotatable bonds is 7. The van der Waals surface area contributed by atoms with Gasteiger partial charge in [-0.2, -0.15) is 5.26 Å². The van der Waals surface area contributed by atoms with Gasteiger partial charge in [0.05, 0.1) is 10.2 Å². The number of hydrogen-bond donors (Lipinski definition) is 0. The molecule has 0 bridgehead atoms. The second-order valence-corrected chi connectivity index (χ2v) is 8.69. The van der Waals surface area contributed by atoms with Gasteiger partial charge in [-0.1, -0.05) is 42.5 Å². The Morgan fingerprint density at radius 1 is 1.09 bits per heavy atom. The number of aryl methyl sites for hydroxylation is 1. The molecule has 0 aliphatic carbocycles. The van der Waals surface area contributed by atoms with Crippen LogP contribution in [0.4, 0.5) is 5.88 Å². The van der Waals surface area contributed by atoms with Crippen LogP contribution in [0.15, 0.2) is 64.0 Å². The molecule has 33 heavy (non-hydrogen) atoms. The summed E-state index contributed by atoms with van der Waals surface area (Å²) in [5.41, 5.74) is 3.21. The van der Waals surface area contributed by atoms with E-state index in [1.165, 1.54) is 10.8 Å². The van der Waals surface area contributed by atoms with Gasteiger partial charge in [0.2, 0.25) is 5.88 Å². The summed E-state index contributed by atoms with van der Waals surface area (Å²) < 4.78 is 18.7. The van der Waals surface area contributed by atoms with Gasteiger partial charge in [0, 0.05) is 11.8 Å². The fourth-order valence-corrected chi connectivity index (χ4v) is 4.38. The summed E-state index contributed by atoms with van der Waals surface area (Å²) in [4.78, 5) is 4.41. The highest BCUT2D eigenvalue weighted by Gasteiger charge is 2.15. The van der Waals surface area contributed by atoms with Crippen molar-refractivity contribution in [2.45, 2.75) is 27.4 Å². The van der Waals surface area contributed by atoms with Crippen LogP contribution < -0.4 is 9.47 Å². The summed E-state index contributed by atoms with van der Waals surface area (Å²) in [7, 11) is 0. The monoisotopic (exact) mass is 550 g/mol. The molecule has 0 aliphatic rings. The highest BCUT2D eigenvalue weighted by molar-refractivity contribution is 14.1. The maximum atomic E-state index is 9.40. The minimum absolute atomic E-state index is 0.316. The number of fused-ring (bicyclic) bond motifs is 1. The molecular weight excluding hydrogens is 527 g/mol. The first kappa shape index (κ1) is 22.9. The van der Waals surface area contributed by atoms with Gasteiger partial charge >= 0.3 is 0 Å². The average molecular weight is 550 g/mol. The lowest BCUT2D eigenvalue weighted by molar-refractivity contribution is 0.268. The van der Waals surface area contributed by atoms with Crippen molar-refractivity contribution in [1.29, 1.82) is 5.26 Å². The Kier molecular flexibility index (Phi) is 6.99. The van der Waals surface area contributed by atoms with Gasteiger partial charge < -0.3 is 13.9 Å². The third kappa shape index (κ3) is 4.88. The molecule has 0 unspecified atom stereocenters. The standard InChI is InChI=1S/C27H23IN2O3/c1-4-31-25-13-19(15-30-27-23(14-29)17(2)18(3)33-27)12-24(28)26(25)32-16-21-10-7-9-20-8-5-6-11-22(20)21/h5-13,15H,4,16H2,1-3H3. The van der Waals surface area contributed by atoms with Crippen molar-refractivity contribution in [1.82, 2.24) is 0 Å². The highest BCUT2D eigenvalue weighted by atomic mass is 127. The van der Waals surface area contributed by atoms with Crippen LogP contribution in [-0.2, 0) is 6.61 Å². The molecule has 0 amide bonds. The smallest absolute Gasteiger partial charge is 0.237 e. The molecule has 0 atom stereocenters. The lowest BCUT2D eigenvalue weighted by Gasteiger charge is -2.15. The molecule has 4 rings (SSSR count). The predicted molar refractivity (Wildman–Crippen MR) is 139 cm³/mol. The Balaban J connectivity index is 1.62. The molecular formula is C27H23IN2O3. The zero-order valence-corrected chi connectivity index (χ0v) is 20.8. The fourth-order valence-electron chi connectivity index (χ4n) is 3.60. The Labute approximate surface area is 206 Å². The topological polar surface area (TPSA) is 67.8 Å². The lowest BCUT2D eigenvalue weighted by atomic mass is 10.1. The Morgan fingerprint density at radius 2 is 1.88 bits per heavy atom. The lowest BCUT2D eigenvalue weighted by Crippen LogP contribution is -2.03. The molecule has 1 heterocycles. The number of benzene rings is 3. The number of ether oxygens (including phenoxy) is 2. The third-order valence-corrected chi connectivity index (χ3v) is 6.19. The molecule has 166 valence electrons. The van der Waals surface area contributed by atoms with Crippen LogP contribution in [0.3, 0.4) is 0 Å². The summed E-state index contributed by atoms with van der Waals surface area (Å²) in [6.07, 6.45) is 1.68. The summed E-state index contributed by atoms with van der Waals surface area (Å²) in [5, 5.41) is 11.8. The van der Waals surface area contributed by atoms with Crippen LogP contribution in [0.2, 0.25) is 0 Å². The second kappa shape index (κ2) is 10.1. The summed E-state index contributed by atoms with van der Waals surface area (Å²) >= 11 is 2.25. The normalized spacial score (nSPS) is 11.1. The van der Waals surface area contributed by atoms with Gasteiger partial charge in [0.25, 0.3) is 0 Å². The van der Waals surface area contributed by atoms with E-state index in [1.807, 2.05) is 51.1 Å². The third-order valence-electron chi connectivity index (χ3n) is 5.39. The molecule has 4 aromatic rings. The van der Waals surface area contributed by atoms with Crippen molar-refractivity contribution < 1.29 is 13.9 Å². The second-order valence-electron chi connectivity index (χ2n) is 7.52. The van der Waals surface area contributed by atoms with Crippen molar-refractivity contribution in [3.05, 3.63) is 86.2 Å². The van der Waals surface area contributed by atoms with Gasteiger partial charge in [-0.3, -0.25) is 0 Å². The van der Waals surface area contributed by atoms with Crippen molar-refractivity contribution in [2.75, 3.05) is 6.61 Å². The maximum Gasteiger partial charge on any atom is 0.237 e. The van der Waals surface area contributed by atoms with Gasteiger partial charge in [0.15, 0.2) is 11.5 Å². The first-order valence-electron chi connectivity index (χ1n) is 10.6. The van der Waals surface area contributed by atoms with E-state index in [1.54, 1.807) is 6.21 Å². The van der Waals surface area contributed by atoms with Crippen LogP contribution in [0, 0.1) is 28.7 Å². The van der Waals surface area contributed by atoms with Gasteiger partial charge in [-0.15, -0.1) is 0 Å².